The molecule has 0 aliphatic carbocycles. The molecular formula is C16H17N5O3S. The van der Waals surface area contributed by atoms with Crippen LogP contribution in [0, 0.1) is 11.3 Å². The van der Waals surface area contributed by atoms with E-state index in [1.807, 2.05) is 6.07 Å². The van der Waals surface area contributed by atoms with Gasteiger partial charge in [0.05, 0.1) is 16.8 Å². The number of benzene rings is 1. The first-order valence-corrected chi connectivity index (χ1v) is 9.19. The summed E-state index contributed by atoms with van der Waals surface area (Å²) in [6, 6.07) is 8.06. The van der Waals surface area contributed by atoms with Crippen LogP contribution in [0.25, 0.3) is 0 Å². The normalized spacial score (nSPS) is 15.7. The fourth-order valence-electron chi connectivity index (χ4n) is 2.74. The highest BCUT2D eigenvalue weighted by atomic mass is 32.2. The van der Waals surface area contributed by atoms with Gasteiger partial charge in [-0.3, -0.25) is 4.79 Å². The van der Waals surface area contributed by atoms with E-state index in [0.29, 0.717) is 13.1 Å². The number of nitrogens with zero attached hydrogens (tertiary/aromatic N) is 5. The zero-order chi connectivity index (χ0) is 17.9. The van der Waals surface area contributed by atoms with Crippen LogP contribution in [0.4, 0.5) is 0 Å². The van der Waals surface area contributed by atoms with Crippen LogP contribution in [0.15, 0.2) is 47.9 Å². The van der Waals surface area contributed by atoms with Crippen molar-refractivity contribution in [2.75, 3.05) is 26.2 Å². The van der Waals surface area contributed by atoms with E-state index >= 15 is 0 Å². The van der Waals surface area contributed by atoms with Crippen LogP contribution in [0.3, 0.4) is 0 Å². The molecule has 2 heterocycles. The van der Waals surface area contributed by atoms with E-state index in [-0.39, 0.29) is 36.0 Å². The third-order valence-corrected chi connectivity index (χ3v) is 6.05. The Morgan fingerprint density at radius 2 is 1.92 bits per heavy atom. The number of piperazine rings is 1. The maximum atomic E-state index is 12.8. The number of amides is 1. The Morgan fingerprint density at radius 1 is 1.20 bits per heavy atom. The standard InChI is InChI=1S/C16H17N5O3S/c17-11-14-3-1-2-4-15(14)25(23,24)21-9-7-20(8-10-21)16(22)12-19-6-5-18-13-19/h1-6,13H,7-10,12H2. The van der Waals surface area contributed by atoms with Gasteiger partial charge in [0, 0.05) is 38.6 Å². The zero-order valence-corrected chi connectivity index (χ0v) is 14.3. The SMILES string of the molecule is N#Cc1ccccc1S(=O)(=O)N1CCN(C(=O)Cn2ccnc2)CC1. The molecular weight excluding hydrogens is 342 g/mol. The molecule has 0 bridgehead atoms. The van der Waals surface area contributed by atoms with Gasteiger partial charge in [0.15, 0.2) is 0 Å². The molecule has 0 atom stereocenters. The molecule has 130 valence electrons. The minimum atomic E-state index is -3.75. The van der Waals surface area contributed by atoms with Crippen molar-refractivity contribution >= 4 is 15.9 Å². The Labute approximate surface area is 146 Å². The monoisotopic (exact) mass is 359 g/mol. The first-order valence-electron chi connectivity index (χ1n) is 7.75. The minimum absolute atomic E-state index is 0.00990. The third-order valence-electron chi connectivity index (χ3n) is 4.09. The van der Waals surface area contributed by atoms with Gasteiger partial charge in [-0.25, -0.2) is 13.4 Å². The van der Waals surface area contributed by atoms with Crippen molar-refractivity contribution in [2.24, 2.45) is 0 Å². The van der Waals surface area contributed by atoms with Crippen molar-refractivity contribution in [3.05, 3.63) is 48.5 Å². The highest BCUT2D eigenvalue weighted by Crippen LogP contribution is 2.21. The first-order chi connectivity index (χ1) is 12.0. The van der Waals surface area contributed by atoms with Crippen LogP contribution in [0.1, 0.15) is 5.56 Å². The number of carbonyl (C=O) groups is 1. The molecule has 1 fully saturated rings. The van der Waals surface area contributed by atoms with E-state index in [9.17, 15) is 13.2 Å². The van der Waals surface area contributed by atoms with E-state index in [2.05, 4.69) is 4.98 Å². The quantitative estimate of drug-likeness (QED) is 0.781. The van der Waals surface area contributed by atoms with Crippen molar-refractivity contribution < 1.29 is 13.2 Å². The molecule has 0 unspecified atom stereocenters. The predicted octanol–water partition coefficient (Wildman–Crippen LogP) is 0.288. The second-order valence-electron chi connectivity index (χ2n) is 5.63. The number of hydrogen-bond acceptors (Lipinski definition) is 5. The van der Waals surface area contributed by atoms with Gasteiger partial charge in [0.2, 0.25) is 15.9 Å². The molecule has 1 aliphatic heterocycles. The maximum Gasteiger partial charge on any atom is 0.244 e. The average molecular weight is 359 g/mol. The van der Waals surface area contributed by atoms with Crippen molar-refractivity contribution in [1.29, 1.82) is 5.26 Å². The van der Waals surface area contributed by atoms with Crippen molar-refractivity contribution in [1.82, 2.24) is 18.8 Å². The number of imidazole rings is 1. The Kier molecular flexibility index (Phi) is 4.83. The van der Waals surface area contributed by atoms with Gasteiger partial charge in [-0.05, 0) is 12.1 Å². The molecule has 1 saturated heterocycles. The molecule has 1 amide bonds. The first kappa shape index (κ1) is 17.1. The largest absolute Gasteiger partial charge is 0.339 e. The smallest absolute Gasteiger partial charge is 0.244 e. The van der Waals surface area contributed by atoms with Gasteiger partial charge in [0.25, 0.3) is 0 Å². The number of carbonyl (C=O) groups excluding carboxylic acids is 1. The summed E-state index contributed by atoms with van der Waals surface area (Å²) >= 11 is 0. The summed E-state index contributed by atoms with van der Waals surface area (Å²) in [5, 5.41) is 9.12. The number of rotatable bonds is 4. The van der Waals surface area contributed by atoms with Crippen LogP contribution >= 0.6 is 0 Å². The average Bonchev–Trinajstić information content (AvgIpc) is 3.14. The van der Waals surface area contributed by atoms with Gasteiger partial charge < -0.3 is 9.47 Å². The van der Waals surface area contributed by atoms with E-state index in [0.717, 1.165) is 0 Å². The maximum absolute atomic E-state index is 12.8. The Bertz CT molecular complexity index is 894. The molecule has 2 aromatic rings. The summed E-state index contributed by atoms with van der Waals surface area (Å²) in [5.74, 6) is -0.0764. The van der Waals surface area contributed by atoms with Crippen LogP contribution in [0.5, 0.6) is 0 Å². The molecule has 3 rings (SSSR count). The second-order valence-corrected chi connectivity index (χ2v) is 7.53. The summed E-state index contributed by atoms with van der Waals surface area (Å²) in [7, 11) is -3.75. The summed E-state index contributed by atoms with van der Waals surface area (Å²) in [6.07, 6.45) is 4.87. The Balaban J connectivity index is 1.67. The lowest BCUT2D eigenvalue weighted by Gasteiger charge is -2.34. The Hall–Kier alpha value is -2.70. The predicted molar refractivity (Wildman–Crippen MR) is 88.7 cm³/mol. The molecule has 1 aliphatic rings. The number of sulfonamides is 1. The Morgan fingerprint density at radius 3 is 2.56 bits per heavy atom. The van der Waals surface area contributed by atoms with E-state index in [4.69, 9.17) is 5.26 Å². The molecule has 8 nitrogen and oxygen atoms in total. The van der Waals surface area contributed by atoms with Gasteiger partial charge in [-0.1, -0.05) is 12.1 Å². The van der Waals surface area contributed by atoms with Crippen molar-refractivity contribution in [3.8, 4) is 6.07 Å². The van der Waals surface area contributed by atoms with Gasteiger partial charge >= 0.3 is 0 Å². The van der Waals surface area contributed by atoms with E-state index in [1.165, 1.54) is 16.4 Å². The van der Waals surface area contributed by atoms with Crippen LogP contribution in [-0.2, 0) is 21.4 Å². The number of nitriles is 1. The fourth-order valence-corrected chi connectivity index (χ4v) is 4.30. The number of aromatic nitrogens is 2. The van der Waals surface area contributed by atoms with Crippen LogP contribution in [0.2, 0.25) is 0 Å². The molecule has 0 saturated carbocycles. The van der Waals surface area contributed by atoms with Crippen LogP contribution in [-0.4, -0.2) is 59.3 Å². The van der Waals surface area contributed by atoms with Crippen molar-refractivity contribution in [2.45, 2.75) is 11.4 Å². The molecule has 1 aromatic carbocycles. The molecule has 9 heteroatoms. The molecule has 0 spiro atoms. The lowest BCUT2D eigenvalue weighted by Crippen LogP contribution is -2.51. The topological polar surface area (TPSA) is 99.3 Å². The summed E-state index contributed by atoms with van der Waals surface area (Å²) in [5.41, 5.74) is 0.126. The van der Waals surface area contributed by atoms with Gasteiger partial charge in [-0.15, -0.1) is 0 Å². The van der Waals surface area contributed by atoms with Gasteiger partial charge in [-0.2, -0.15) is 9.57 Å². The molecule has 1 aromatic heterocycles. The second kappa shape index (κ2) is 7.04. The zero-order valence-electron chi connectivity index (χ0n) is 13.4. The summed E-state index contributed by atoms with van der Waals surface area (Å²) in [6.45, 7) is 1.24. The van der Waals surface area contributed by atoms with Crippen LogP contribution < -0.4 is 0 Å². The lowest BCUT2D eigenvalue weighted by atomic mass is 10.2. The molecule has 0 radical (unpaired) electrons. The summed E-state index contributed by atoms with van der Waals surface area (Å²) in [4.78, 5) is 17.8. The third kappa shape index (κ3) is 3.55. The lowest BCUT2D eigenvalue weighted by molar-refractivity contribution is -0.133. The summed E-state index contributed by atoms with van der Waals surface area (Å²) < 4.78 is 28.5. The fraction of sp³-hybridized carbons (Fsp3) is 0.312. The minimum Gasteiger partial charge on any atom is -0.339 e. The van der Waals surface area contributed by atoms with Crippen molar-refractivity contribution in [3.63, 3.8) is 0 Å². The highest BCUT2D eigenvalue weighted by molar-refractivity contribution is 7.89. The number of hydrogen-bond donors (Lipinski definition) is 0. The molecule has 0 N–H and O–H groups in total. The van der Waals surface area contributed by atoms with Gasteiger partial charge in [0.1, 0.15) is 12.6 Å². The van der Waals surface area contributed by atoms with E-state index in [1.54, 1.807) is 40.3 Å². The highest BCUT2D eigenvalue weighted by Gasteiger charge is 2.31. The van der Waals surface area contributed by atoms with E-state index < -0.39 is 10.0 Å². The molecule has 25 heavy (non-hydrogen) atoms.